The minimum absolute atomic E-state index is 0.110. The fourth-order valence-electron chi connectivity index (χ4n) is 1.81. The zero-order valence-electron chi connectivity index (χ0n) is 15.2. The molecule has 0 aliphatic carbocycles. The van der Waals surface area contributed by atoms with Crippen molar-refractivity contribution in [3.8, 4) is 6.07 Å². The van der Waals surface area contributed by atoms with E-state index < -0.39 is 23.8 Å². The quantitative estimate of drug-likeness (QED) is 0.467. The van der Waals surface area contributed by atoms with Crippen LogP contribution in [0.2, 0.25) is 0 Å². The molecule has 1 rings (SSSR count). The molecule has 1 aromatic heterocycles. The van der Waals surface area contributed by atoms with E-state index in [-0.39, 0.29) is 30.6 Å². The second-order valence-corrected chi connectivity index (χ2v) is 5.90. The van der Waals surface area contributed by atoms with Gasteiger partial charge < -0.3 is 16.4 Å². The number of halogens is 4. The van der Waals surface area contributed by atoms with Gasteiger partial charge in [-0.1, -0.05) is 0 Å². The molecular formula is C16H21F4N7. The van der Waals surface area contributed by atoms with Crippen LogP contribution in [0.15, 0.2) is 23.1 Å². The number of nitrogens with zero attached hydrogens (tertiary/aromatic N) is 4. The number of nitrogens with two attached hydrogens (primary N) is 1. The third-order valence-corrected chi connectivity index (χ3v) is 3.47. The predicted octanol–water partition coefficient (Wildman–Crippen LogP) is 3.10. The summed E-state index contributed by atoms with van der Waals surface area (Å²) >= 11 is 0. The number of rotatable bonds is 8. The molecule has 1 unspecified atom stereocenters. The van der Waals surface area contributed by atoms with Gasteiger partial charge in [0, 0.05) is 18.9 Å². The lowest BCUT2D eigenvalue weighted by molar-refractivity contribution is -0.137. The van der Waals surface area contributed by atoms with Crippen LogP contribution in [-0.2, 0) is 6.18 Å². The molecule has 4 N–H and O–H groups in total. The van der Waals surface area contributed by atoms with Gasteiger partial charge in [0.25, 0.3) is 0 Å². The molecule has 1 heterocycles. The number of aromatic nitrogens is 2. The van der Waals surface area contributed by atoms with Crippen molar-refractivity contribution in [1.82, 2.24) is 9.97 Å². The van der Waals surface area contributed by atoms with Crippen LogP contribution in [-0.4, -0.2) is 35.4 Å². The molecule has 0 aromatic carbocycles. The summed E-state index contributed by atoms with van der Waals surface area (Å²) in [6.07, 6.45) is -2.82. The largest absolute Gasteiger partial charge is 0.421 e. The van der Waals surface area contributed by atoms with Crippen molar-refractivity contribution in [3.63, 3.8) is 0 Å². The van der Waals surface area contributed by atoms with E-state index in [0.29, 0.717) is 11.9 Å². The van der Waals surface area contributed by atoms with Gasteiger partial charge in [0.15, 0.2) is 0 Å². The maximum atomic E-state index is 13.0. The number of alkyl halides is 4. The standard InChI is InChI=1S/C16H21F4N7/c1-4-23-13-11(16(18,19)20)6-24-14(27-13)26-12(5-21)10(2)25-9-15(3,7-17)8-22/h5-6H,4,7,9,21H2,1-3H3,(H2,23,24,26,27)/b12-5+,25-10?. The Kier molecular flexibility index (Phi) is 7.51. The molecule has 0 bridgehead atoms. The van der Waals surface area contributed by atoms with Crippen molar-refractivity contribution in [3.05, 3.63) is 23.7 Å². The Bertz CT molecular complexity index is 752. The molecule has 1 atom stereocenters. The molecular weight excluding hydrogens is 366 g/mol. The Morgan fingerprint density at radius 2 is 2.11 bits per heavy atom. The van der Waals surface area contributed by atoms with E-state index in [1.165, 1.54) is 6.92 Å². The van der Waals surface area contributed by atoms with Gasteiger partial charge in [0.2, 0.25) is 5.95 Å². The number of nitriles is 1. The van der Waals surface area contributed by atoms with Crippen LogP contribution in [0.5, 0.6) is 0 Å². The zero-order chi connectivity index (χ0) is 20.7. The van der Waals surface area contributed by atoms with Crippen LogP contribution in [0, 0.1) is 16.7 Å². The molecule has 0 aliphatic rings. The highest BCUT2D eigenvalue weighted by Crippen LogP contribution is 2.33. The average Bonchev–Trinajstić information content (AvgIpc) is 2.63. The number of allylic oxidation sites excluding steroid dienone is 1. The van der Waals surface area contributed by atoms with Crippen molar-refractivity contribution in [2.75, 3.05) is 30.4 Å². The van der Waals surface area contributed by atoms with E-state index in [0.717, 1.165) is 6.20 Å². The molecule has 0 fully saturated rings. The van der Waals surface area contributed by atoms with E-state index in [1.54, 1.807) is 13.8 Å². The molecule has 0 saturated carbocycles. The summed E-state index contributed by atoms with van der Waals surface area (Å²) in [6, 6.07) is 1.84. The first-order valence-corrected chi connectivity index (χ1v) is 7.96. The Balaban J connectivity index is 3.07. The SMILES string of the molecule is CCNc1nc(N/C(=C/N)C(C)=NCC(C)(C#N)CF)ncc1C(F)(F)F. The highest BCUT2D eigenvalue weighted by atomic mass is 19.4. The van der Waals surface area contributed by atoms with E-state index in [9.17, 15) is 17.6 Å². The van der Waals surface area contributed by atoms with Crippen LogP contribution in [0.4, 0.5) is 29.3 Å². The second kappa shape index (κ2) is 9.16. The van der Waals surface area contributed by atoms with Gasteiger partial charge in [-0.15, -0.1) is 0 Å². The van der Waals surface area contributed by atoms with Gasteiger partial charge in [-0.2, -0.15) is 23.4 Å². The van der Waals surface area contributed by atoms with E-state index >= 15 is 0 Å². The minimum Gasteiger partial charge on any atom is -0.403 e. The molecule has 0 spiro atoms. The van der Waals surface area contributed by atoms with Gasteiger partial charge >= 0.3 is 6.18 Å². The molecule has 0 saturated heterocycles. The Labute approximate surface area is 154 Å². The minimum atomic E-state index is -4.60. The molecule has 1 aromatic rings. The number of aliphatic imine (C=N–C) groups is 1. The van der Waals surface area contributed by atoms with Crippen LogP contribution >= 0.6 is 0 Å². The van der Waals surface area contributed by atoms with Gasteiger partial charge in [-0.3, -0.25) is 4.99 Å². The Morgan fingerprint density at radius 3 is 2.59 bits per heavy atom. The first-order valence-electron chi connectivity index (χ1n) is 7.96. The molecule has 7 nitrogen and oxygen atoms in total. The average molecular weight is 387 g/mol. The third kappa shape index (κ3) is 6.09. The van der Waals surface area contributed by atoms with Crippen LogP contribution in [0.1, 0.15) is 26.3 Å². The number of hydrogen-bond donors (Lipinski definition) is 3. The van der Waals surface area contributed by atoms with E-state index in [2.05, 4.69) is 25.6 Å². The van der Waals surface area contributed by atoms with Crippen molar-refractivity contribution >= 4 is 17.5 Å². The Morgan fingerprint density at radius 1 is 1.44 bits per heavy atom. The lowest BCUT2D eigenvalue weighted by Gasteiger charge is -2.16. The van der Waals surface area contributed by atoms with Crippen molar-refractivity contribution in [1.29, 1.82) is 5.26 Å². The van der Waals surface area contributed by atoms with Crippen LogP contribution < -0.4 is 16.4 Å². The summed E-state index contributed by atoms with van der Waals surface area (Å²) in [4.78, 5) is 11.6. The smallest absolute Gasteiger partial charge is 0.403 e. The van der Waals surface area contributed by atoms with Gasteiger partial charge in [-0.05, 0) is 20.8 Å². The summed E-state index contributed by atoms with van der Waals surface area (Å²) in [5, 5.41) is 14.2. The summed E-state index contributed by atoms with van der Waals surface area (Å²) in [5.74, 6) is -0.498. The normalized spacial score (nSPS) is 15.0. The molecule has 0 radical (unpaired) electrons. The molecule has 11 heteroatoms. The van der Waals surface area contributed by atoms with Gasteiger partial charge in [-0.25, -0.2) is 9.37 Å². The lowest BCUT2D eigenvalue weighted by atomic mass is 9.95. The van der Waals surface area contributed by atoms with Crippen LogP contribution in [0.25, 0.3) is 0 Å². The number of anilines is 2. The van der Waals surface area contributed by atoms with Crippen LogP contribution in [0.3, 0.4) is 0 Å². The number of nitrogens with one attached hydrogen (secondary N) is 2. The number of hydrogen-bond acceptors (Lipinski definition) is 7. The molecule has 0 aliphatic heterocycles. The van der Waals surface area contributed by atoms with Crippen molar-refractivity contribution in [2.45, 2.75) is 26.9 Å². The van der Waals surface area contributed by atoms with Crippen molar-refractivity contribution in [2.24, 2.45) is 16.1 Å². The first-order chi connectivity index (χ1) is 12.6. The highest BCUT2D eigenvalue weighted by Gasteiger charge is 2.35. The first kappa shape index (κ1) is 22.1. The molecule has 148 valence electrons. The predicted molar refractivity (Wildman–Crippen MR) is 94.8 cm³/mol. The van der Waals surface area contributed by atoms with E-state index in [4.69, 9.17) is 11.0 Å². The third-order valence-electron chi connectivity index (χ3n) is 3.47. The highest BCUT2D eigenvalue weighted by molar-refractivity contribution is 6.00. The van der Waals surface area contributed by atoms with E-state index in [1.807, 2.05) is 6.07 Å². The fraction of sp³-hybridized carbons (Fsp3) is 0.500. The second-order valence-electron chi connectivity index (χ2n) is 5.90. The maximum absolute atomic E-state index is 13.0. The summed E-state index contributed by atoms with van der Waals surface area (Å²) in [6.45, 7) is 3.86. The fourth-order valence-corrected chi connectivity index (χ4v) is 1.81. The summed E-state index contributed by atoms with van der Waals surface area (Å²) in [5.41, 5.74) is 3.80. The van der Waals surface area contributed by atoms with Gasteiger partial charge in [0.1, 0.15) is 23.5 Å². The lowest BCUT2D eigenvalue weighted by Crippen LogP contribution is -2.22. The molecule has 0 amide bonds. The van der Waals surface area contributed by atoms with Gasteiger partial charge in [0.05, 0.1) is 24.0 Å². The summed E-state index contributed by atoms with van der Waals surface area (Å²) in [7, 11) is 0. The topological polar surface area (TPSA) is 112 Å². The Hall–Kier alpha value is -2.90. The maximum Gasteiger partial charge on any atom is 0.421 e. The molecule has 27 heavy (non-hydrogen) atoms. The summed E-state index contributed by atoms with van der Waals surface area (Å²) < 4.78 is 51.9. The zero-order valence-corrected chi connectivity index (χ0v) is 15.2. The van der Waals surface area contributed by atoms with Crippen molar-refractivity contribution < 1.29 is 17.6 Å². The monoisotopic (exact) mass is 387 g/mol.